The first-order chi connectivity index (χ1) is 18.6. The van der Waals surface area contributed by atoms with E-state index in [1.54, 1.807) is 30.3 Å². The quantitative estimate of drug-likeness (QED) is 0.342. The van der Waals surface area contributed by atoms with Crippen molar-refractivity contribution in [1.29, 1.82) is 0 Å². The molecule has 0 aliphatic heterocycles. The molecule has 3 N–H and O–H groups in total. The number of rotatable bonds is 4. The van der Waals surface area contributed by atoms with E-state index in [1.807, 2.05) is 13.8 Å². The Balaban J connectivity index is 1.59. The van der Waals surface area contributed by atoms with Crippen molar-refractivity contribution in [3.63, 3.8) is 0 Å². The van der Waals surface area contributed by atoms with Gasteiger partial charge in [-0.3, -0.25) is 4.79 Å². The van der Waals surface area contributed by atoms with E-state index in [0.29, 0.717) is 36.9 Å². The van der Waals surface area contributed by atoms with Gasteiger partial charge in [-0.15, -0.1) is 0 Å². The molecule has 0 aromatic heterocycles. The lowest BCUT2D eigenvalue weighted by Gasteiger charge is -2.56. The Hall–Kier alpha value is -2.75. The Morgan fingerprint density at radius 1 is 1.05 bits per heavy atom. The first-order valence-corrected chi connectivity index (χ1v) is 13.9. The molecule has 1 aromatic carbocycles. The van der Waals surface area contributed by atoms with Crippen LogP contribution in [0.1, 0.15) is 77.2 Å². The maximum absolute atomic E-state index is 15.1. The number of amides is 2. The van der Waals surface area contributed by atoms with Gasteiger partial charge in [-0.25, -0.2) is 4.79 Å². The lowest BCUT2D eigenvalue weighted by atomic mass is 9.50. The van der Waals surface area contributed by atoms with E-state index in [2.05, 4.69) is 10.6 Å². The molecule has 0 heterocycles. The van der Waals surface area contributed by atoms with Gasteiger partial charge in [-0.05, 0) is 99.1 Å². The standard InChI is InChI=1S/C30H35F5N2O3/c1-16(2)36-26(39)37-19-7-4-17(5-8-19)23-15-27(3)24(12-13-28(27,40)29(31,32)30(33,34)35)22-10-6-18-14-20(38)9-11-21(18)25(22)23/h4-5,7-8,14,16,22-24,40H,6,9-13,15H2,1-3H3,(H2,36,37,39)/t22?,23-,24?,27+,28+/m1/s1. The van der Waals surface area contributed by atoms with Gasteiger partial charge in [0.2, 0.25) is 0 Å². The maximum Gasteiger partial charge on any atom is 0.456 e. The second-order valence-corrected chi connectivity index (χ2v) is 12.3. The van der Waals surface area contributed by atoms with Gasteiger partial charge < -0.3 is 15.7 Å². The third-order valence-corrected chi connectivity index (χ3v) is 9.75. The summed E-state index contributed by atoms with van der Waals surface area (Å²) in [6.45, 7) is 5.05. The van der Waals surface area contributed by atoms with E-state index in [9.17, 15) is 27.9 Å². The van der Waals surface area contributed by atoms with Crippen molar-refractivity contribution in [3.8, 4) is 0 Å². The minimum Gasteiger partial charge on any atom is -0.383 e. The number of urea groups is 1. The van der Waals surface area contributed by atoms with Crippen molar-refractivity contribution >= 4 is 17.5 Å². The van der Waals surface area contributed by atoms with Gasteiger partial charge in [0.05, 0.1) is 0 Å². The molecule has 0 saturated heterocycles. The minimum atomic E-state index is -5.88. The molecule has 4 aliphatic carbocycles. The number of alkyl halides is 5. The van der Waals surface area contributed by atoms with Crippen LogP contribution in [-0.4, -0.2) is 40.7 Å². The molecule has 218 valence electrons. The van der Waals surface area contributed by atoms with E-state index < -0.39 is 41.4 Å². The zero-order chi connectivity index (χ0) is 29.3. The van der Waals surface area contributed by atoms with Crippen molar-refractivity contribution in [2.45, 2.75) is 95.4 Å². The van der Waals surface area contributed by atoms with E-state index >= 15 is 8.78 Å². The molecule has 4 aliphatic rings. The average molecular weight is 567 g/mol. The van der Waals surface area contributed by atoms with Crippen molar-refractivity contribution in [2.24, 2.45) is 17.3 Å². The van der Waals surface area contributed by atoms with Gasteiger partial charge in [0, 0.05) is 29.5 Å². The van der Waals surface area contributed by atoms with Gasteiger partial charge in [-0.2, -0.15) is 22.0 Å². The van der Waals surface area contributed by atoms with Crippen LogP contribution in [0.4, 0.5) is 32.4 Å². The summed E-state index contributed by atoms with van der Waals surface area (Å²) in [5, 5.41) is 16.8. The van der Waals surface area contributed by atoms with Gasteiger partial charge >= 0.3 is 18.1 Å². The fourth-order valence-corrected chi connectivity index (χ4v) is 7.94. The van der Waals surface area contributed by atoms with E-state index in [1.165, 1.54) is 6.92 Å². The molecule has 10 heteroatoms. The first kappa shape index (κ1) is 28.8. The predicted octanol–water partition coefficient (Wildman–Crippen LogP) is 7.04. The Kier molecular flexibility index (Phi) is 6.95. The summed E-state index contributed by atoms with van der Waals surface area (Å²) in [5.74, 6) is -6.59. The van der Waals surface area contributed by atoms with Crippen LogP contribution in [-0.2, 0) is 4.79 Å². The number of ketones is 1. The largest absolute Gasteiger partial charge is 0.456 e. The number of carbonyl (C=O) groups excluding carboxylic acids is 2. The number of carbonyl (C=O) groups is 2. The molecule has 5 rings (SSSR count). The Labute approximate surface area is 230 Å². The average Bonchev–Trinajstić information content (AvgIpc) is 3.14. The van der Waals surface area contributed by atoms with Gasteiger partial charge in [0.25, 0.3) is 0 Å². The van der Waals surface area contributed by atoms with E-state index in [0.717, 1.165) is 16.7 Å². The highest BCUT2D eigenvalue weighted by molar-refractivity contribution is 5.93. The topological polar surface area (TPSA) is 78.4 Å². The van der Waals surface area contributed by atoms with Crippen molar-refractivity contribution in [3.05, 3.63) is 52.6 Å². The van der Waals surface area contributed by atoms with Crippen LogP contribution >= 0.6 is 0 Å². The molecule has 0 bridgehead atoms. The monoisotopic (exact) mass is 566 g/mol. The summed E-state index contributed by atoms with van der Waals surface area (Å²) in [5.41, 5.74) is -0.787. The fraction of sp³-hybridized carbons (Fsp3) is 0.600. The first-order valence-electron chi connectivity index (χ1n) is 13.9. The Morgan fingerprint density at radius 3 is 2.35 bits per heavy atom. The summed E-state index contributed by atoms with van der Waals surface area (Å²) in [4.78, 5) is 24.3. The van der Waals surface area contributed by atoms with Crippen molar-refractivity contribution in [1.82, 2.24) is 5.32 Å². The lowest BCUT2D eigenvalue weighted by Crippen LogP contribution is -2.65. The van der Waals surface area contributed by atoms with Crippen LogP contribution in [0.5, 0.6) is 0 Å². The zero-order valence-electron chi connectivity index (χ0n) is 22.8. The molecule has 2 amide bonds. The summed E-state index contributed by atoms with van der Waals surface area (Å²) in [6, 6.07) is 6.41. The number of nitrogens with one attached hydrogen (secondary N) is 2. The molecule has 1 aromatic rings. The molecule has 0 spiro atoms. The second kappa shape index (κ2) is 9.67. The van der Waals surface area contributed by atoms with Crippen LogP contribution in [0.2, 0.25) is 0 Å². The highest BCUT2D eigenvalue weighted by atomic mass is 19.4. The van der Waals surface area contributed by atoms with E-state index in [4.69, 9.17) is 0 Å². The molecule has 5 atom stereocenters. The van der Waals surface area contributed by atoms with Crippen LogP contribution in [0, 0.1) is 17.3 Å². The highest BCUT2D eigenvalue weighted by Gasteiger charge is 2.79. The van der Waals surface area contributed by atoms with Crippen LogP contribution in [0.15, 0.2) is 47.1 Å². The summed E-state index contributed by atoms with van der Waals surface area (Å²) < 4.78 is 71.3. The SMILES string of the molecule is CC(C)NC(=O)Nc1ccc([C@H]2C[C@@]3(C)C(CC[C@@]3(O)C(F)(F)C(F)(F)F)C3CCC4=CC(=O)CCC4=C32)cc1. The van der Waals surface area contributed by atoms with Crippen molar-refractivity contribution < 1.29 is 36.6 Å². The number of aliphatic hydroxyl groups is 1. The molecule has 2 fully saturated rings. The molecule has 5 nitrogen and oxygen atoms in total. The zero-order valence-corrected chi connectivity index (χ0v) is 22.8. The molecular formula is C30H35F5N2O3. The molecule has 2 unspecified atom stereocenters. The number of halogens is 5. The van der Waals surface area contributed by atoms with Crippen LogP contribution in [0.3, 0.4) is 0 Å². The third-order valence-electron chi connectivity index (χ3n) is 9.75. The Morgan fingerprint density at radius 2 is 1.73 bits per heavy atom. The van der Waals surface area contributed by atoms with Gasteiger partial charge in [-0.1, -0.05) is 24.6 Å². The summed E-state index contributed by atoms with van der Waals surface area (Å²) in [6.07, 6.45) is -2.98. The summed E-state index contributed by atoms with van der Waals surface area (Å²) >= 11 is 0. The number of hydrogen-bond acceptors (Lipinski definition) is 3. The van der Waals surface area contributed by atoms with Gasteiger partial charge in [0.1, 0.15) is 5.60 Å². The Bertz CT molecular complexity index is 1270. The molecule has 40 heavy (non-hydrogen) atoms. The second-order valence-electron chi connectivity index (χ2n) is 12.3. The number of benzene rings is 1. The normalized spacial score (nSPS) is 32.3. The lowest BCUT2D eigenvalue weighted by molar-refractivity contribution is -0.362. The predicted molar refractivity (Wildman–Crippen MR) is 140 cm³/mol. The molecule has 2 saturated carbocycles. The maximum atomic E-state index is 15.1. The van der Waals surface area contributed by atoms with Gasteiger partial charge in [0.15, 0.2) is 5.78 Å². The summed E-state index contributed by atoms with van der Waals surface area (Å²) in [7, 11) is 0. The number of anilines is 1. The van der Waals surface area contributed by atoms with Crippen molar-refractivity contribution in [2.75, 3.05) is 5.32 Å². The fourth-order valence-electron chi connectivity index (χ4n) is 7.94. The minimum absolute atomic E-state index is 0.0326. The van der Waals surface area contributed by atoms with E-state index in [-0.39, 0.29) is 36.6 Å². The highest BCUT2D eigenvalue weighted by Crippen LogP contribution is 2.70. The number of fused-ring (bicyclic) bond motifs is 4. The number of hydrogen-bond donors (Lipinski definition) is 3. The smallest absolute Gasteiger partial charge is 0.383 e. The number of allylic oxidation sites excluding steroid dienone is 4. The molecular weight excluding hydrogens is 531 g/mol. The molecule has 0 radical (unpaired) electrons. The van der Waals surface area contributed by atoms with Crippen LogP contribution in [0.25, 0.3) is 0 Å². The van der Waals surface area contributed by atoms with Crippen LogP contribution < -0.4 is 10.6 Å². The third kappa shape index (κ3) is 4.37.